The zero-order valence-electron chi connectivity index (χ0n) is 10.0. The van der Waals surface area contributed by atoms with Crippen molar-refractivity contribution >= 4 is 24.0 Å². The van der Waals surface area contributed by atoms with Gasteiger partial charge in [0, 0.05) is 10.6 Å². The number of carbonyl (C=O) groups is 1. The van der Waals surface area contributed by atoms with E-state index in [9.17, 15) is 4.79 Å². The number of nitrogens with two attached hydrogens (primary N) is 1. The monoisotopic (exact) mass is 251 g/mol. The van der Waals surface area contributed by atoms with Crippen LogP contribution in [0.2, 0.25) is 0 Å². The number of rotatable bonds is 5. The maximum atomic E-state index is 10.4. The van der Waals surface area contributed by atoms with Gasteiger partial charge in [0.05, 0.1) is 6.21 Å². The van der Waals surface area contributed by atoms with E-state index in [-0.39, 0.29) is 0 Å². The lowest BCUT2D eigenvalue weighted by Gasteiger charge is -2.04. The molecule has 0 atom stereocenters. The molecule has 0 bridgehead atoms. The Labute approximate surface area is 106 Å². The summed E-state index contributed by atoms with van der Waals surface area (Å²) < 4.78 is 0. The molecule has 1 rings (SSSR count). The van der Waals surface area contributed by atoms with Gasteiger partial charge in [-0.2, -0.15) is 5.10 Å². The Kier molecular flexibility index (Phi) is 5.56. The molecule has 0 aromatic heterocycles. The molecular formula is C12H17N3OS. The summed E-state index contributed by atoms with van der Waals surface area (Å²) in [5, 5.41) is 3.69. The van der Waals surface area contributed by atoms with Crippen LogP contribution in [0.5, 0.6) is 0 Å². The van der Waals surface area contributed by atoms with Crippen molar-refractivity contribution in [1.82, 2.24) is 5.43 Å². The Morgan fingerprint density at radius 3 is 2.65 bits per heavy atom. The van der Waals surface area contributed by atoms with Crippen LogP contribution in [0.15, 0.2) is 34.3 Å². The molecule has 0 saturated carbocycles. The number of nitrogens with zero attached hydrogens (tertiary/aromatic N) is 1. The zero-order chi connectivity index (χ0) is 12.7. The van der Waals surface area contributed by atoms with E-state index in [1.807, 2.05) is 36.0 Å². The van der Waals surface area contributed by atoms with Crippen molar-refractivity contribution in [1.29, 1.82) is 0 Å². The number of primary amides is 1. The minimum absolute atomic E-state index is 0.662. The lowest BCUT2D eigenvalue weighted by molar-refractivity contribution is 0.249. The summed E-state index contributed by atoms with van der Waals surface area (Å²) in [6.45, 7) is 4.40. The summed E-state index contributed by atoms with van der Waals surface area (Å²) in [6, 6.07) is 7.33. The Morgan fingerprint density at radius 1 is 1.47 bits per heavy atom. The molecule has 2 amide bonds. The molecule has 0 unspecified atom stereocenters. The molecular weight excluding hydrogens is 234 g/mol. The first-order valence-electron chi connectivity index (χ1n) is 5.39. The molecule has 0 radical (unpaired) electrons. The average molecular weight is 251 g/mol. The second-order valence-electron chi connectivity index (χ2n) is 4.01. The average Bonchev–Trinajstić information content (AvgIpc) is 2.27. The van der Waals surface area contributed by atoms with Crippen molar-refractivity contribution in [3.8, 4) is 0 Å². The van der Waals surface area contributed by atoms with Crippen LogP contribution in [-0.4, -0.2) is 18.0 Å². The predicted octanol–water partition coefficient (Wildman–Crippen LogP) is 2.44. The van der Waals surface area contributed by atoms with Crippen LogP contribution >= 0.6 is 11.8 Å². The molecule has 0 saturated heterocycles. The fourth-order valence-corrected chi connectivity index (χ4v) is 1.94. The summed E-state index contributed by atoms with van der Waals surface area (Å²) in [6.07, 6.45) is 1.56. The first-order chi connectivity index (χ1) is 8.08. The van der Waals surface area contributed by atoms with Crippen LogP contribution in [0.25, 0.3) is 0 Å². The Hall–Kier alpha value is -1.49. The highest BCUT2D eigenvalue weighted by molar-refractivity contribution is 7.99. The second-order valence-corrected chi connectivity index (χ2v) is 5.10. The Balaban J connectivity index is 2.50. The van der Waals surface area contributed by atoms with Crippen molar-refractivity contribution in [2.24, 2.45) is 16.8 Å². The van der Waals surface area contributed by atoms with E-state index in [1.165, 1.54) is 4.90 Å². The zero-order valence-corrected chi connectivity index (χ0v) is 10.8. The van der Waals surface area contributed by atoms with E-state index in [2.05, 4.69) is 24.4 Å². The van der Waals surface area contributed by atoms with Crippen molar-refractivity contribution in [2.75, 3.05) is 5.75 Å². The first kappa shape index (κ1) is 13.6. The van der Waals surface area contributed by atoms with Gasteiger partial charge in [-0.25, -0.2) is 10.2 Å². The minimum Gasteiger partial charge on any atom is -0.350 e. The highest BCUT2D eigenvalue weighted by Gasteiger charge is 1.97. The smallest absolute Gasteiger partial charge is 0.332 e. The van der Waals surface area contributed by atoms with Gasteiger partial charge in [-0.15, -0.1) is 11.8 Å². The summed E-state index contributed by atoms with van der Waals surface area (Å²) in [7, 11) is 0. The van der Waals surface area contributed by atoms with Crippen molar-refractivity contribution in [3.05, 3.63) is 29.8 Å². The number of hydrogen-bond acceptors (Lipinski definition) is 3. The number of hydrazone groups is 1. The second kappa shape index (κ2) is 6.96. The van der Waals surface area contributed by atoms with Crippen molar-refractivity contribution in [3.63, 3.8) is 0 Å². The number of benzene rings is 1. The highest BCUT2D eigenvalue weighted by atomic mass is 32.2. The van der Waals surface area contributed by atoms with Crippen LogP contribution in [0.1, 0.15) is 19.4 Å². The number of thioether (sulfide) groups is 1. The van der Waals surface area contributed by atoms with Gasteiger partial charge in [0.2, 0.25) is 0 Å². The van der Waals surface area contributed by atoms with E-state index < -0.39 is 6.03 Å². The third-order valence-electron chi connectivity index (χ3n) is 1.85. The molecule has 1 aromatic rings. The van der Waals surface area contributed by atoms with Gasteiger partial charge in [0.15, 0.2) is 0 Å². The molecule has 0 heterocycles. The maximum absolute atomic E-state index is 10.4. The first-order valence-corrected chi connectivity index (χ1v) is 6.38. The van der Waals surface area contributed by atoms with Crippen molar-refractivity contribution < 1.29 is 4.79 Å². The molecule has 1 aromatic carbocycles. The topological polar surface area (TPSA) is 67.5 Å². The quantitative estimate of drug-likeness (QED) is 0.479. The van der Waals surface area contributed by atoms with Crippen LogP contribution in [-0.2, 0) is 0 Å². The van der Waals surface area contributed by atoms with Crippen LogP contribution < -0.4 is 11.2 Å². The Bertz CT molecular complexity index is 387. The minimum atomic E-state index is -0.662. The molecule has 92 valence electrons. The molecule has 0 spiro atoms. The lowest BCUT2D eigenvalue weighted by atomic mass is 10.2. The van der Waals surface area contributed by atoms with E-state index >= 15 is 0 Å². The SMILES string of the molecule is CC(C)CSc1ccc(C=NNC(N)=O)cc1. The standard InChI is InChI=1S/C12H17N3OS/c1-9(2)8-17-11-5-3-10(4-6-11)7-14-15-12(13)16/h3-7,9H,8H2,1-2H3,(H3,13,15,16). The molecule has 4 nitrogen and oxygen atoms in total. The number of hydrogen-bond donors (Lipinski definition) is 2. The third kappa shape index (κ3) is 5.97. The van der Waals surface area contributed by atoms with Gasteiger partial charge in [-0.3, -0.25) is 0 Å². The van der Waals surface area contributed by atoms with Crippen LogP contribution in [0, 0.1) is 5.92 Å². The van der Waals surface area contributed by atoms with Gasteiger partial charge in [-0.05, 0) is 23.6 Å². The summed E-state index contributed by atoms with van der Waals surface area (Å²) in [5.41, 5.74) is 7.96. The molecule has 0 aliphatic rings. The molecule has 3 N–H and O–H groups in total. The summed E-state index contributed by atoms with van der Waals surface area (Å²) >= 11 is 1.83. The summed E-state index contributed by atoms with van der Waals surface area (Å²) in [4.78, 5) is 11.6. The molecule has 0 aliphatic heterocycles. The maximum Gasteiger partial charge on any atom is 0.332 e. The van der Waals surface area contributed by atoms with E-state index in [1.54, 1.807) is 6.21 Å². The van der Waals surface area contributed by atoms with E-state index in [4.69, 9.17) is 5.73 Å². The van der Waals surface area contributed by atoms with Gasteiger partial charge >= 0.3 is 6.03 Å². The fourth-order valence-electron chi connectivity index (χ4n) is 1.08. The Morgan fingerprint density at radius 2 is 2.12 bits per heavy atom. The normalized spacial score (nSPS) is 11.0. The van der Waals surface area contributed by atoms with Gasteiger partial charge in [0.1, 0.15) is 0 Å². The molecule has 0 aliphatic carbocycles. The number of nitrogens with one attached hydrogen (secondary N) is 1. The molecule has 0 fully saturated rings. The number of urea groups is 1. The van der Waals surface area contributed by atoms with Crippen LogP contribution in [0.4, 0.5) is 4.79 Å². The van der Waals surface area contributed by atoms with E-state index in [0.717, 1.165) is 11.3 Å². The fraction of sp³-hybridized carbons (Fsp3) is 0.333. The molecule has 17 heavy (non-hydrogen) atoms. The largest absolute Gasteiger partial charge is 0.350 e. The van der Waals surface area contributed by atoms with Gasteiger partial charge in [0.25, 0.3) is 0 Å². The van der Waals surface area contributed by atoms with Crippen LogP contribution in [0.3, 0.4) is 0 Å². The number of carbonyl (C=O) groups excluding carboxylic acids is 1. The summed E-state index contributed by atoms with van der Waals surface area (Å²) in [5.74, 6) is 1.79. The van der Waals surface area contributed by atoms with Gasteiger partial charge in [-0.1, -0.05) is 26.0 Å². The van der Waals surface area contributed by atoms with Gasteiger partial charge < -0.3 is 5.73 Å². The van der Waals surface area contributed by atoms with E-state index in [0.29, 0.717) is 5.92 Å². The lowest BCUT2D eigenvalue weighted by Crippen LogP contribution is -2.24. The third-order valence-corrected chi connectivity index (χ3v) is 3.29. The number of amides is 2. The molecule has 5 heteroatoms. The highest BCUT2D eigenvalue weighted by Crippen LogP contribution is 2.20. The predicted molar refractivity (Wildman–Crippen MR) is 72.3 cm³/mol. The van der Waals surface area contributed by atoms with Crippen molar-refractivity contribution in [2.45, 2.75) is 18.7 Å².